The fourth-order valence-electron chi connectivity index (χ4n) is 9.02. The Labute approximate surface area is 745 Å². The first-order chi connectivity index (χ1) is 57.6. The van der Waals surface area contributed by atoms with Crippen molar-refractivity contribution in [3.63, 3.8) is 0 Å². The summed E-state index contributed by atoms with van der Waals surface area (Å²) in [5.74, 6) is 0.309. The second-order valence-corrected chi connectivity index (χ2v) is 31.6. The molecule has 22 nitrogen and oxygen atoms in total. The summed E-state index contributed by atoms with van der Waals surface area (Å²) in [6, 6.07) is 30.1. The molecular formula is C97H139BrCl2O22. The maximum absolute atomic E-state index is 11.4. The maximum Gasteiger partial charge on any atom is 0.335 e. The van der Waals surface area contributed by atoms with Crippen molar-refractivity contribution in [3.05, 3.63) is 214 Å². The maximum atomic E-state index is 11.4. The van der Waals surface area contributed by atoms with Gasteiger partial charge in [0.1, 0.15) is 52.5 Å². The number of rotatable bonds is 45. The lowest BCUT2D eigenvalue weighted by atomic mass is 10.1. The predicted molar refractivity (Wildman–Crippen MR) is 493 cm³/mol. The molecule has 0 saturated carbocycles. The number of carboxylic acid groups (broad SMARTS) is 2. The minimum absolute atomic E-state index is 0.176. The van der Waals surface area contributed by atoms with E-state index >= 15 is 0 Å². The zero-order chi connectivity index (χ0) is 93.1. The monoisotopic (exact) mass is 1800 g/mol. The smallest absolute Gasteiger partial charge is 0.335 e. The molecule has 0 radical (unpaired) electrons. The summed E-state index contributed by atoms with van der Waals surface area (Å²) in [5.41, 5.74) is 4.67. The van der Waals surface area contributed by atoms with Gasteiger partial charge in [0.05, 0.1) is 38.6 Å². The number of carbonyl (C=O) groups is 9. The molecule has 0 amide bonds. The number of unbranched alkanes of at least 4 members (excludes halogenated alkanes) is 20. The standard InChI is InChI=1S/C19H26O5.C19H26O4.C14H18O3.C12H21ClO2.C8H17ClO.C7H7BrO.C7H6O2.C7H12O2.C4H6O2/c1-15(2)19(22)24-14-8-6-4-3-5-7-13-23-17-11-9-16(10-12-17)18(20)21;1-16(2)19(21)23-14-8-6-4-3-5-7-13-22-18-11-9-17(15-20)10-12-18;1-10-9-11(5-7-12(10)15)6-8-13(16)17-14(2,3)4;1-11(2)12(14)15-10-8-6-4-3-5-7-9-13;9-7-5-3-1-2-4-6-8-10;1-5-4-6(8)2-3-7(5)9;8-5-6-1-3-7(9)4-2-6;1-5-6(8)9-7(2,3)4;1-3(2)4(5)6/h9-12H,1,3-8,13-14H2,2H3,(H,20,21);9-12,15H,1,3-8,13-14H2,2H3;5-9,15H,1-4H3;1,3-10H2,2H3;10H,1-8H2;2-4,9H,1H3;1-5,9H;5H,1H2,2-4H3;1H2,2H3,(H,5,6)/b;;8-6+;;;;;;. The molecule has 680 valence electrons. The van der Waals surface area contributed by atoms with Crippen LogP contribution in [0.2, 0.25) is 0 Å². The highest BCUT2D eigenvalue weighted by molar-refractivity contribution is 9.10. The van der Waals surface area contributed by atoms with E-state index in [0.29, 0.717) is 79.0 Å². The van der Waals surface area contributed by atoms with Crippen molar-refractivity contribution in [1.29, 1.82) is 0 Å². The Balaban J connectivity index is -0.000000663. The third-order valence-corrected chi connectivity index (χ3v) is 16.7. The first-order valence-corrected chi connectivity index (χ1v) is 43.0. The Kier molecular flexibility index (Phi) is 73.9. The number of halogens is 3. The van der Waals surface area contributed by atoms with Crippen LogP contribution >= 0.6 is 39.1 Å². The summed E-state index contributed by atoms with van der Waals surface area (Å²) in [6.45, 7) is 41.1. The van der Waals surface area contributed by atoms with E-state index in [1.807, 2.05) is 72.7 Å². The van der Waals surface area contributed by atoms with Gasteiger partial charge in [-0.1, -0.05) is 158 Å². The van der Waals surface area contributed by atoms with E-state index in [1.54, 1.807) is 107 Å². The Morgan fingerprint density at radius 1 is 0.418 bits per heavy atom. The number of esters is 5. The molecule has 0 aliphatic heterocycles. The highest BCUT2D eigenvalue weighted by Crippen LogP contribution is 2.22. The molecule has 0 aliphatic carbocycles. The van der Waals surface area contributed by atoms with Crippen LogP contribution in [0.4, 0.5) is 0 Å². The van der Waals surface area contributed by atoms with Crippen molar-refractivity contribution in [3.8, 4) is 28.7 Å². The van der Waals surface area contributed by atoms with Crippen LogP contribution in [0.15, 0.2) is 181 Å². The summed E-state index contributed by atoms with van der Waals surface area (Å²) < 4.78 is 37.2. The van der Waals surface area contributed by atoms with E-state index < -0.39 is 23.1 Å². The lowest BCUT2D eigenvalue weighted by Crippen LogP contribution is -2.22. The largest absolute Gasteiger partial charge is 0.508 e. The molecule has 0 fully saturated rings. The number of aromatic carboxylic acids is 1. The number of aliphatic hydroxyl groups is 1. The van der Waals surface area contributed by atoms with Gasteiger partial charge in [-0.2, -0.15) is 0 Å². The Morgan fingerprint density at radius 3 is 1.02 bits per heavy atom. The Hall–Kier alpha value is -9.81. The number of aryl methyl sites for hydroxylation is 2. The lowest BCUT2D eigenvalue weighted by Gasteiger charge is -2.17. The number of benzene rings is 5. The molecule has 0 aromatic heterocycles. The number of aliphatic hydroxyl groups excluding tert-OH is 1. The molecule has 5 rings (SSSR count). The second-order valence-electron chi connectivity index (χ2n) is 29.9. The highest BCUT2D eigenvalue weighted by Gasteiger charge is 2.15. The Bertz CT molecular complexity index is 3780. The molecular weight excluding hydrogens is 1670 g/mol. The average Bonchev–Trinajstić information content (AvgIpc) is 0.997. The Morgan fingerprint density at radius 2 is 0.730 bits per heavy atom. The van der Waals surface area contributed by atoms with E-state index in [1.165, 1.54) is 70.1 Å². The van der Waals surface area contributed by atoms with Gasteiger partial charge in [0.15, 0.2) is 0 Å². The van der Waals surface area contributed by atoms with E-state index in [2.05, 4.69) is 48.8 Å². The normalized spacial score (nSPS) is 10.1. The van der Waals surface area contributed by atoms with Gasteiger partial charge >= 0.3 is 41.8 Å². The van der Waals surface area contributed by atoms with Gasteiger partial charge in [0.2, 0.25) is 0 Å². The number of hydrogen-bond donors (Lipinski definition) is 6. The van der Waals surface area contributed by atoms with Crippen molar-refractivity contribution < 1.29 is 107 Å². The third kappa shape index (κ3) is 77.5. The number of hydrogen-bond acceptors (Lipinski definition) is 20. The van der Waals surface area contributed by atoms with Crippen LogP contribution in [0.5, 0.6) is 28.7 Å². The molecule has 25 heteroatoms. The first-order valence-electron chi connectivity index (χ1n) is 41.1. The zero-order valence-electron chi connectivity index (χ0n) is 74.3. The summed E-state index contributed by atoms with van der Waals surface area (Å²) >= 11 is 14.3. The van der Waals surface area contributed by atoms with Crippen molar-refractivity contribution in [2.24, 2.45) is 0 Å². The summed E-state index contributed by atoms with van der Waals surface area (Å²) in [6.07, 6.45) is 32.2. The SMILES string of the molecule is C=C(C)C(=O)O.C=C(C)C(=O)OCCCCCCCCCl.C=C(C)C(=O)OCCCCCCCCOc1ccc(C(=O)O)cc1.C=C(C)C(=O)OCCCCCCCCOc1ccc(C=O)cc1.C=CC(=O)OC(C)(C)C.Cc1cc(/C=C/C(=O)OC(C)(C)C)ccc1O.Cc1cc(Br)ccc1O.O=Cc1ccc(O)cc1.OCCCCCCCCCl. The van der Waals surface area contributed by atoms with E-state index in [4.69, 9.17) is 81.9 Å². The quantitative estimate of drug-likeness (QED) is 0.00526. The predicted octanol–water partition coefficient (Wildman–Crippen LogP) is 23.7. The van der Waals surface area contributed by atoms with Crippen molar-refractivity contribution in [2.75, 3.05) is 51.4 Å². The molecule has 0 atom stereocenters. The van der Waals surface area contributed by atoms with Crippen LogP contribution in [-0.4, -0.2) is 148 Å². The van der Waals surface area contributed by atoms with E-state index in [-0.39, 0.29) is 52.5 Å². The van der Waals surface area contributed by atoms with Crippen LogP contribution in [-0.2, 0) is 52.5 Å². The number of aldehydes is 2. The van der Waals surface area contributed by atoms with E-state index in [0.717, 1.165) is 166 Å². The van der Waals surface area contributed by atoms with Crippen molar-refractivity contribution in [1.82, 2.24) is 0 Å². The molecule has 6 N–H and O–H groups in total. The van der Waals surface area contributed by atoms with Crippen LogP contribution in [0.25, 0.3) is 6.08 Å². The summed E-state index contributed by atoms with van der Waals surface area (Å²) in [4.78, 5) is 96.1. The minimum atomic E-state index is -0.935. The molecule has 0 saturated heterocycles. The van der Waals surface area contributed by atoms with Crippen LogP contribution in [0.1, 0.15) is 271 Å². The van der Waals surface area contributed by atoms with E-state index in [9.17, 15) is 48.3 Å². The minimum Gasteiger partial charge on any atom is -0.508 e. The number of ether oxygens (including phenoxy) is 7. The molecule has 0 spiro atoms. The summed E-state index contributed by atoms with van der Waals surface area (Å²) in [7, 11) is 0. The summed E-state index contributed by atoms with van der Waals surface area (Å²) in [5, 5.41) is 52.3. The van der Waals surface area contributed by atoms with Gasteiger partial charge in [0.25, 0.3) is 0 Å². The molecule has 122 heavy (non-hydrogen) atoms. The number of carboxylic acids is 2. The van der Waals surface area contributed by atoms with Gasteiger partial charge in [0, 0.05) is 68.4 Å². The fourth-order valence-corrected chi connectivity index (χ4v) is 9.87. The number of phenols is 3. The number of carbonyl (C=O) groups excluding carboxylic acids is 7. The zero-order valence-corrected chi connectivity index (χ0v) is 77.4. The number of phenolic OH excluding ortho intramolecular Hbond substituents is 3. The van der Waals surface area contributed by atoms with Crippen LogP contribution in [0, 0.1) is 13.8 Å². The first kappa shape index (κ1) is 118. The molecule has 0 heterocycles. The van der Waals surface area contributed by atoms with Crippen LogP contribution < -0.4 is 9.47 Å². The number of aliphatic carboxylic acids is 1. The van der Waals surface area contributed by atoms with Gasteiger partial charge < -0.3 is 63.8 Å². The van der Waals surface area contributed by atoms with Gasteiger partial charge in [-0.15, -0.1) is 23.2 Å². The van der Waals surface area contributed by atoms with Gasteiger partial charge in [-0.3, -0.25) is 9.59 Å². The highest BCUT2D eigenvalue weighted by atomic mass is 79.9. The lowest BCUT2D eigenvalue weighted by molar-refractivity contribution is -0.149. The van der Waals surface area contributed by atoms with Gasteiger partial charge in [-0.05, 0) is 260 Å². The molecule has 5 aromatic carbocycles. The molecule has 5 aromatic rings. The second kappa shape index (κ2) is 76.1. The average molecular weight is 1810 g/mol. The van der Waals surface area contributed by atoms with Crippen molar-refractivity contribution in [2.45, 2.75) is 248 Å². The fraction of sp³-hybridized carbons (Fsp3) is 0.474. The molecule has 0 unspecified atom stereocenters. The molecule has 0 bridgehead atoms. The number of alkyl halides is 2. The van der Waals surface area contributed by atoms with Crippen LogP contribution in [0.3, 0.4) is 0 Å². The van der Waals surface area contributed by atoms with Gasteiger partial charge in [-0.25, -0.2) is 33.6 Å². The van der Waals surface area contributed by atoms with Crippen molar-refractivity contribution >= 4 is 99.6 Å². The third-order valence-electron chi connectivity index (χ3n) is 15.7. The number of aromatic hydroxyl groups is 3. The molecule has 0 aliphatic rings. The topological polar surface area (TPSA) is 340 Å².